The lowest BCUT2D eigenvalue weighted by atomic mass is 9.95. The minimum atomic E-state index is -0.651. The zero-order valence-electron chi connectivity index (χ0n) is 20.7. The number of unbranched alkanes of at least 4 members (excludes halogenated alkanes) is 1. The van der Waals surface area contributed by atoms with Crippen molar-refractivity contribution in [3.05, 3.63) is 100 Å². The van der Waals surface area contributed by atoms with E-state index in [0.717, 1.165) is 18.4 Å². The van der Waals surface area contributed by atoms with Crippen LogP contribution in [0.25, 0.3) is 22.4 Å². The first-order chi connectivity index (χ1) is 18.1. The van der Waals surface area contributed by atoms with Crippen molar-refractivity contribution in [1.29, 1.82) is 0 Å². The Morgan fingerprint density at radius 1 is 1.00 bits per heavy atom. The van der Waals surface area contributed by atoms with Crippen LogP contribution in [-0.2, 0) is 0 Å². The van der Waals surface area contributed by atoms with Gasteiger partial charge in [0, 0.05) is 11.1 Å². The van der Waals surface area contributed by atoms with Crippen LogP contribution in [0.4, 0.5) is 0 Å². The van der Waals surface area contributed by atoms with E-state index >= 15 is 0 Å². The third kappa shape index (κ3) is 6.10. The van der Waals surface area contributed by atoms with Gasteiger partial charge in [0.05, 0.1) is 25.6 Å². The molecule has 0 aliphatic carbocycles. The number of ether oxygens (including phenoxy) is 2. The van der Waals surface area contributed by atoms with Crippen LogP contribution < -0.4 is 20.5 Å². The number of benzene rings is 3. The molecule has 0 saturated carbocycles. The number of rotatable bonds is 10. The molecule has 0 fully saturated rings. The number of amides is 1. The van der Waals surface area contributed by atoms with Crippen LogP contribution in [0.5, 0.6) is 11.5 Å². The second-order valence-corrected chi connectivity index (χ2v) is 8.19. The third-order valence-electron chi connectivity index (χ3n) is 5.64. The molecule has 8 heteroatoms. The highest BCUT2D eigenvalue weighted by Gasteiger charge is 2.22. The molecule has 1 heterocycles. The predicted molar refractivity (Wildman–Crippen MR) is 144 cm³/mol. The summed E-state index contributed by atoms with van der Waals surface area (Å²) in [7, 11) is 1.57. The van der Waals surface area contributed by atoms with E-state index in [9.17, 15) is 9.59 Å². The number of aromatic nitrogens is 2. The molecule has 0 spiro atoms. The smallest absolute Gasteiger partial charge is 0.277 e. The van der Waals surface area contributed by atoms with E-state index in [-0.39, 0.29) is 5.56 Å². The van der Waals surface area contributed by atoms with Crippen molar-refractivity contribution in [3.63, 3.8) is 0 Å². The Morgan fingerprint density at radius 3 is 2.38 bits per heavy atom. The number of hydrazone groups is 1. The summed E-state index contributed by atoms with van der Waals surface area (Å²) in [5.41, 5.74) is 4.87. The van der Waals surface area contributed by atoms with Gasteiger partial charge in [0.1, 0.15) is 5.56 Å². The molecule has 3 aromatic carbocycles. The van der Waals surface area contributed by atoms with Crippen LogP contribution in [0.2, 0.25) is 0 Å². The Bertz CT molecular complexity index is 1430. The molecule has 0 radical (unpaired) electrons. The summed E-state index contributed by atoms with van der Waals surface area (Å²) in [5.74, 6) is 0.555. The average molecular weight is 497 g/mol. The van der Waals surface area contributed by atoms with E-state index in [0.29, 0.717) is 40.5 Å². The Labute approximate surface area is 215 Å². The van der Waals surface area contributed by atoms with Crippen LogP contribution in [0, 0.1) is 0 Å². The number of carbonyl (C=O) groups excluding carboxylic acids is 1. The van der Waals surface area contributed by atoms with Gasteiger partial charge in [-0.15, -0.1) is 0 Å². The molecule has 0 aliphatic heterocycles. The average Bonchev–Trinajstić information content (AvgIpc) is 2.94. The topological polar surface area (TPSA) is 106 Å². The predicted octanol–water partition coefficient (Wildman–Crippen LogP) is 5.06. The van der Waals surface area contributed by atoms with Gasteiger partial charge in [0.25, 0.3) is 11.5 Å². The summed E-state index contributed by atoms with van der Waals surface area (Å²) in [5, 5.41) is 10.8. The lowest BCUT2D eigenvalue weighted by Gasteiger charge is -2.13. The second kappa shape index (κ2) is 12.3. The summed E-state index contributed by atoms with van der Waals surface area (Å²) < 4.78 is 11.2. The van der Waals surface area contributed by atoms with Gasteiger partial charge < -0.3 is 9.47 Å². The molecule has 2 N–H and O–H groups in total. The summed E-state index contributed by atoms with van der Waals surface area (Å²) in [6.45, 7) is 2.70. The number of hydrogen-bond acceptors (Lipinski definition) is 6. The first kappa shape index (κ1) is 25.4. The van der Waals surface area contributed by atoms with Gasteiger partial charge in [-0.2, -0.15) is 10.2 Å². The molecule has 0 saturated heterocycles. The largest absolute Gasteiger partial charge is 0.493 e. The van der Waals surface area contributed by atoms with Crippen LogP contribution in [-0.4, -0.2) is 36.0 Å². The molecule has 0 atom stereocenters. The van der Waals surface area contributed by atoms with Crippen molar-refractivity contribution in [3.8, 4) is 33.9 Å². The van der Waals surface area contributed by atoms with Gasteiger partial charge in [-0.3, -0.25) is 9.59 Å². The molecule has 0 unspecified atom stereocenters. The quantitative estimate of drug-likeness (QED) is 0.181. The molecule has 0 bridgehead atoms. The molecule has 37 heavy (non-hydrogen) atoms. The highest BCUT2D eigenvalue weighted by Crippen LogP contribution is 2.31. The molecule has 0 aliphatic rings. The number of methoxy groups -OCH3 is 1. The van der Waals surface area contributed by atoms with Gasteiger partial charge >= 0.3 is 0 Å². The summed E-state index contributed by atoms with van der Waals surface area (Å²) in [6, 6.07) is 24.0. The highest BCUT2D eigenvalue weighted by molar-refractivity contribution is 6.03. The van der Waals surface area contributed by atoms with Gasteiger partial charge in [0.15, 0.2) is 11.5 Å². The molecule has 1 aromatic heterocycles. The Balaban J connectivity index is 1.63. The van der Waals surface area contributed by atoms with Crippen LogP contribution in [0.15, 0.2) is 88.8 Å². The monoisotopic (exact) mass is 496 g/mol. The van der Waals surface area contributed by atoms with E-state index < -0.39 is 11.5 Å². The SMILES string of the molecule is CCCCOc1ccc(/C=N/NC(=O)c2c(-c3ccccc3)c(-c3ccccc3)n[nH]c2=O)cc1OC. The maximum Gasteiger partial charge on any atom is 0.277 e. The van der Waals surface area contributed by atoms with Gasteiger partial charge in [0.2, 0.25) is 0 Å². The van der Waals surface area contributed by atoms with Crippen molar-refractivity contribution >= 4 is 12.1 Å². The van der Waals surface area contributed by atoms with E-state index in [1.54, 1.807) is 19.2 Å². The number of H-pyrrole nitrogens is 1. The first-order valence-electron chi connectivity index (χ1n) is 12.0. The van der Waals surface area contributed by atoms with Crippen molar-refractivity contribution in [2.45, 2.75) is 19.8 Å². The fourth-order valence-corrected chi connectivity index (χ4v) is 3.79. The normalized spacial score (nSPS) is 10.9. The summed E-state index contributed by atoms with van der Waals surface area (Å²) >= 11 is 0. The minimum Gasteiger partial charge on any atom is -0.493 e. The lowest BCUT2D eigenvalue weighted by molar-refractivity contribution is 0.0954. The number of nitrogens with one attached hydrogen (secondary N) is 2. The van der Waals surface area contributed by atoms with E-state index in [1.807, 2.05) is 66.7 Å². The van der Waals surface area contributed by atoms with Crippen molar-refractivity contribution in [1.82, 2.24) is 15.6 Å². The summed E-state index contributed by atoms with van der Waals surface area (Å²) in [6.07, 6.45) is 3.46. The maximum absolute atomic E-state index is 13.2. The number of hydrogen-bond donors (Lipinski definition) is 2. The van der Waals surface area contributed by atoms with E-state index in [2.05, 4.69) is 27.6 Å². The molecule has 4 aromatic rings. The number of carbonyl (C=O) groups is 1. The molecule has 8 nitrogen and oxygen atoms in total. The van der Waals surface area contributed by atoms with E-state index in [1.165, 1.54) is 6.21 Å². The summed E-state index contributed by atoms with van der Waals surface area (Å²) in [4.78, 5) is 26.1. The Kier molecular flexibility index (Phi) is 8.44. The van der Waals surface area contributed by atoms with Gasteiger partial charge in [-0.25, -0.2) is 10.5 Å². The number of nitrogens with zero attached hydrogens (tertiary/aromatic N) is 2. The Hall–Kier alpha value is -4.72. The zero-order valence-corrected chi connectivity index (χ0v) is 20.7. The molecular formula is C29H28N4O4. The fourth-order valence-electron chi connectivity index (χ4n) is 3.79. The van der Waals surface area contributed by atoms with Crippen LogP contribution in [0.3, 0.4) is 0 Å². The maximum atomic E-state index is 13.2. The first-order valence-corrected chi connectivity index (χ1v) is 12.0. The highest BCUT2D eigenvalue weighted by atomic mass is 16.5. The number of aromatic amines is 1. The van der Waals surface area contributed by atoms with Crippen molar-refractivity contribution in [2.24, 2.45) is 5.10 Å². The molecule has 188 valence electrons. The minimum absolute atomic E-state index is 0.0746. The second-order valence-electron chi connectivity index (χ2n) is 8.19. The molecule has 1 amide bonds. The fraction of sp³-hybridized carbons (Fsp3) is 0.172. The van der Waals surface area contributed by atoms with Gasteiger partial charge in [-0.1, -0.05) is 74.0 Å². The zero-order chi connectivity index (χ0) is 26.0. The molecular weight excluding hydrogens is 468 g/mol. The van der Waals surface area contributed by atoms with Crippen LogP contribution in [0.1, 0.15) is 35.7 Å². The standard InChI is InChI=1S/C29H28N4O4/c1-3-4-17-37-23-16-15-20(18-24(23)36-2)19-30-32-28(34)26-25(21-11-7-5-8-12-21)27(31-33-29(26)35)22-13-9-6-10-14-22/h5-16,18-19H,3-4,17H2,1-2H3,(H,32,34)(H,33,35)/b30-19+. The third-order valence-corrected chi connectivity index (χ3v) is 5.64. The molecule has 4 rings (SSSR count). The van der Waals surface area contributed by atoms with Crippen molar-refractivity contribution < 1.29 is 14.3 Å². The van der Waals surface area contributed by atoms with E-state index in [4.69, 9.17) is 9.47 Å². The van der Waals surface area contributed by atoms with Crippen molar-refractivity contribution in [2.75, 3.05) is 13.7 Å². The lowest BCUT2D eigenvalue weighted by Crippen LogP contribution is -2.28. The Morgan fingerprint density at radius 2 is 1.70 bits per heavy atom. The van der Waals surface area contributed by atoms with Gasteiger partial charge in [-0.05, 0) is 35.7 Å². The van der Waals surface area contributed by atoms with Crippen LogP contribution >= 0.6 is 0 Å².